The van der Waals surface area contributed by atoms with Crippen LogP contribution in [0.15, 0.2) is 48.0 Å². The lowest BCUT2D eigenvalue weighted by molar-refractivity contribution is 0.100. The van der Waals surface area contributed by atoms with Crippen LogP contribution in [-0.2, 0) is 6.54 Å². The lowest BCUT2D eigenvalue weighted by atomic mass is 10.2. The van der Waals surface area contributed by atoms with Crippen molar-refractivity contribution in [3.8, 4) is 0 Å². The van der Waals surface area contributed by atoms with Crippen molar-refractivity contribution in [1.82, 2.24) is 4.98 Å². The number of thiophene rings is 1. The number of nitrogens with two attached hydrogens (primary N) is 1. The number of pyridine rings is 1. The van der Waals surface area contributed by atoms with Crippen LogP contribution in [0.1, 0.15) is 15.2 Å². The van der Waals surface area contributed by atoms with Crippen LogP contribution in [0.25, 0.3) is 10.9 Å². The SMILES string of the molecule is NC(=O)c1csc(CNc2ccc3ncccc3c2)c1. The van der Waals surface area contributed by atoms with E-state index in [1.54, 1.807) is 11.6 Å². The molecular formula is C15H13N3OS. The first-order valence-corrected chi connectivity index (χ1v) is 7.06. The second kappa shape index (κ2) is 5.30. The fraction of sp³-hybridized carbons (Fsp3) is 0.0667. The van der Waals surface area contributed by atoms with Crippen LogP contribution >= 0.6 is 11.3 Å². The van der Waals surface area contributed by atoms with Crippen molar-refractivity contribution >= 4 is 33.8 Å². The standard InChI is InChI=1S/C15H13N3OS/c16-15(19)11-7-13(20-9-11)8-18-12-3-4-14-10(6-12)2-1-5-17-14/h1-7,9,18H,8H2,(H2,16,19). The lowest BCUT2D eigenvalue weighted by Crippen LogP contribution is -2.09. The number of fused-ring (bicyclic) bond motifs is 1. The van der Waals surface area contributed by atoms with Crippen molar-refractivity contribution in [2.24, 2.45) is 5.73 Å². The van der Waals surface area contributed by atoms with Crippen LogP contribution in [0, 0.1) is 0 Å². The van der Waals surface area contributed by atoms with E-state index < -0.39 is 0 Å². The molecule has 4 nitrogen and oxygen atoms in total. The summed E-state index contributed by atoms with van der Waals surface area (Å²) in [5.74, 6) is -0.385. The summed E-state index contributed by atoms with van der Waals surface area (Å²) in [6.07, 6.45) is 1.78. The van der Waals surface area contributed by atoms with Crippen molar-refractivity contribution in [3.05, 3.63) is 58.4 Å². The summed E-state index contributed by atoms with van der Waals surface area (Å²) in [5, 5.41) is 6.22. The monoisotopic (exact) mass is 283 g/mol. The molecule has 0 saturated heterocycles. The molecule has 0 spiro atoms. The van der Waals surface area contributed by atoms with Gasteiger partial charge in [0.15, 0.2) is 0 Å². The molecule has 1 aromatic carbocycles. The summed E-state index contributed by atoms with van der Waals surface area (Å²) in [5.41, 5.74) is 7.81. The number of nitrogens with zero attached hydrogens (tertiary/aromatic N) is 1. The molecule has 0 atom stereocenters. The molecular weight excluding hydrogens is 270 g/mol. The number of amides is 1. The molecule has 20 heavy (non-hydrogen) atoms. The number of primary amides is 1. The molecule has 2 aromatic heterocycles. The molecule has 5 heteroatoms. The fourth-order valence-electron chi connectivity index (χ4n) is 1.98. The van der Waals surface area contributed by atoms with Gasteiger partial charge in [-0.15, -0.1) is 11.3 Å². The van der Waals surface area contributed by atoms with Crippen LogP contribution < -0.4 is 11.1 Å². The molecule has 0 aliphatic heterocycles. The molecule has 0 fully saturated rings. The van der Waals surface area contributed by atoms with Gasteiger partial charge in [0.25, 0.3) is 0 Å². The van der Waals surface area contributed by atoms with E-state index in [1.807, 2.05) is 30.3 Å². The Morgan fingerprint density at radius 1 is 1.30 bits per heavy atom. The number of hydrogen-bond acceptors (Lipinski definition) is 4. The first-order valence-electron chi connectivity index (χ1n) is 6.18. The van der Waals surface area contributed by atoms with Crippen LogP contribution in [0.5, 0.6) is 0 Å². The average molecular weight is 283 g/mol. The van der Waals surface area contributed by atoms with Crippen molar-refractivity contribution in [2.75, 3.05) is 5.32 Å². The smallest absolute Gasteiger partial charge is 0.249 e. The van der Waals surface area contributed by atoms with Gasteiger partial charge < -0.3 is 11.1 Å². The van der Waals surface area contributed by atoms with Gasteiger partial charge in [0.1, 0.15) is 0 Å². The molecule has 0 radical (unpaired) electrons. The maximum atomic E-state index is 11.0. The summed E-state index contributed by atoms with van der Waals surface area (Å²) in [6.45, 7) is 0.670. The van der Waals surface area contributed by atoms with E-state index in [0.29, 0.717) is 12.1 Å². The Morgan fingerprint density at radius 3 is 3.00 bits per heavy atom. The summed E-state index contributed by atoms with van der Waals surface area (Å²) < 4.78 is 0. The number of hydrogen-bond donors (Lipinski definition) is 2. The quantitative estimate of drug-likeness (QED) is 0.773. The predicted octanol–water partition coefficient (Wildman–Crippen LogP) is 3.01. The topological polar surface area (TPSA) is 68.0 Å². The van der Waals surface area contributed by atoms with Crippen LogP contribution in [0.3, 0.4) is 0 Å². The minimum atomic E-state index is -0.385. The van der Waals surface area contributed by atoms with E-state index in [-0.39, 0.29) is 5.91 Å². The third-order valence-corrected chi connectivity index (χ3v) is 3.94. The maximum absolute atomic E-state index is 11.0. The molecule has 2 heterocycles. The van der Waals surface area contributed by atoms with Gasteiger partial charge in [0.05, 0.1) is 11.1 Å². The molecule has 0 unspecified atom stereocenters. The van der Waals surface area contributed by atoms with Crippen molar-refractivity contribution < 1.29 is 4.79 Å². The van der Waals surface area contributed by atoms with Crippen LogP contribution in [-0.4, -0.2) is 10.9 Å². The first kappa shape index (κ1) is 12.6. The number of rotatable bonds is 4. The Kier molecular flexibility index (Phi) is 3.35. The normalized spacial score (nSPS) is 10.6. The van der Waals surface area contributed by atoms with Crippen LogP contribution in [0.4, 0.5) is 5.69 Å². The largest absolute Gasteiger partial charge is 0.380 e. The van der Waals surface area contributed by atoms with Gasteiger partial charge in [-0.25, -0.2) is 0 Å². The number of nitrogens with one attached hydrogen (secondary N) is 1. The predicted molar refractivity (Wildman–Crippen MR) is 81.9 cm³/mol. The lowest BCUT2D eigenvalue weighted by Gasteiger charge is -2.05. The van der Waals surface area contributed by atoms with E-state index in [9.17, 15) is 4.79 Å². The van der Waals surface area contributed by atoms with Gasteiger partial charge in [-0.2, -0.15) is 0 Å². The summed E-state index contributed by atoms with van der Waals surface area (Å²) in [4.78, 5) is 16.4. The molecule has 1 amide bonds. The minimum Gasteiger partial charge on any atom is -0.380 e. The molecule has 3 rings (SSSR count). The maximum Gasteiger partial charge on any atom is 0.249 e. The van der Waals surface area contributed by atoms with Gasteiger partial charge >= 0.3 is 0 Å². The Hall–Kier alpha value is -2.40. The van der Waals surface area contributed by atoms with Gasteiger partial charge in [-0.1, -0.05) is 6.07 Å². The highest BCUT2D eigenvalue weighted by Crippen LogP contribution is 2.19. The van der Waals surface area contributed by atoms with Crippen LogP contribution in [0.2, 0.25) is 0 Å². The van der Waals surface area contributed by atoms with E-state index >= 15 is 0 Å². The van der Waals surface area contributed by atoms with Crippen molar-refractivity contribution in [2.45, 2.75) is 6.54 Å². The van der Waals surface area contributed by atoms with Gasteiger partial charge in [-0.05, 0) is 30.3 Å². The van der Waals surface area contributed by atoms with E-state index in [1.165, 1.54) is 11.3 Å². The zero-order chi connectivity index (χ0) is 13.9. The Balaban J connectivity index is 1.74. The molecule has 3 N–H and O–H groups in total. The number of anilines is 1. The second-order valence-corrected chi connectivity index (χ2v) is 5.43. The highest BCUT2D eigenvalue weighted by Gasteiger charge is 2.04. The third kappa shape index (κ3) is 2.62. The molecule has 0 bridgehead atoms. The third-order valence-electron chi connectivity index (χ3n) is 3.01. The average Bonchev–Trinajstić information content (AvgIpc) is 2.94. The molecule has 0 aliphatic carbocycles. The molecule has 3 aromatic rings. The van der Waals surface area contributed by atoms with E-state index in [2.05, 4.69) is 16.4 Å². The Bertz CT molecular complexity index is 766. The molecule has 0 saturated carbocycles. The zero-order valence-corrected chi connectivity index (χ0v) is 11.5. The number of benzene rings is 1. The highest BCUT2D eigenvalue weighted by atomic mass is 32.1. The van der Waals surface area contributed by atoms with Gasteiger partial charge in [0.2, 0.25) is 5.91 Å². The highest BCUT2D eigenvalue weighted by molar-refractivity contribution is 7.10. The summed E-state index contributed by atoms with van der Waals surface area (Å²) >= 11 is 1.53. The Morgan fingerprint density at radius 2 is 2.20 bits per heavy atom. The molecule has 100 valence electrons. The number of carbonyl (C=O) groups excluding carboxylic acids is 1. The van der Waals surface area contributed by atoms with Crippen molar-refractivity contribution in [3.63, 3.8) is 0 Å². The molecule has 0 aliphatic rings. The van der Waals surface area contributed by atoms with E-state index in [0.717, 1.165) is 21.5 Å². The zero-order valence-electron chi connectivity index (χ0n) is 10.7. The fourth-order valence-corrected chi connectivity index (χ4v) is 2.79. The summed E-state index contributed by atoms with van der Waals surface area (Å²) in [7, 11) is 0. The Labute approximate surface area is 120 Å². The number of aromatic nitrogens is 1. The summed E-state index contributed by atoms with van der Waals surface area (Å²) in [6, 6.07) is 11.8. The van der Waals surface area contributed by atoms with Gasteiger partial charge in [-0.3, -0.25) is 9.78 Å². The first-order chi connectivity index (χ1) is 9.72. The van der Waals surface area contributed by atoms with Crippen molar-refractivity contribution in [1.29, 1.82) is 0 Å². The number of carbonyl (C=O) groups is 1. The minimum absolute atomic E-state index is 0.385. The van der Waals surface area contributed by atoms with Gasteiger partial charge in [0, 0.05) is 34.1 Å². The second-order valence-electron chi connectivity index (χ2n) is 4.43. The van der Waals surface area contributed by atoms with E-state index in [4.69, 9.17) is 5.73 Å².